The van der Waals surface area contributed by atoms with E-state index in [0.717, 1.165) is 51.4 Å². The minimum atomic E-state index is -4.61. The number of nitrogens with one attached hydrogen (secondary N) is 3. The van der Waals surface area contributed by atoms with Gasteiger partial charge in [0.15, 0.2) is 0 Å². The molecule has 3 aromatic rings. The number of fused-ring (bicyclic) bond motifs is 1. The smallest absolute Gasteiger partial charge is 0.260 e. The van der Waals surface area contributed by atoms with E-state index in [2.05, 4.69) is 28.6 Å². The van der Waals surface area contributed by atoms with Gasteiger partial charge in [0.2, 0.25) is 20.0 Å². The molecule has 0 spiro atoms. The van der Waals surface area contributed by atoms with E-state index in [1.165, 1.54) is 76.3 Å². The zero-order valence-electron chi connectivity index (χ0n) is 31.6. The minimum Gasteiger partial charge on any atom is -0.506 e. The largest absolute Gasteiger partial charge is 0.506 e. The standard InChI is InChI=1S/C41H63N3O6S2/c1-3-5-7-9-11-13-15-17-19-26-32-42-51(47,48)39-36-31-25-24-30-35(36)38(45)37(41(46)44-34-28-22-21-23-29-34)40(39)52(49,50)43-33-27-20-18-16-14-12-10-8-6-4-2/h21-25,28-31,42-43,45H,3-20,26-27,32-33H2,1-2H3,(H,44,46). The van der Waals surface area contributed by atoms with E-state index in [1.54, 1.807) is 42.5 Å². The van der Waals surface area contributed by atoms with Gasteiger partial charge in [0.1, 0.15) is 21.1 Å². The number of hydrogen-bond donors (Lipinski definition) is 4. The molecule has 0 bridgehead atoms. The van der Waals surface area contributed by atoms with Gasteiger partial charge in [0.05, 0.1) is 0 Å². The first-order valence-electron chi connectivity index (χ1n) is 19.8. The van der Waals surface area contributed by atoms with E-state index in [0.29, 0.717) is 18.5 Å². The van der Waals surface area contributed by atoms with Crippen LogP contribution >= 0.6 is 0 Å². The predicted octanol–water partition coefficient (Wildman–Crippen LogP) is 10.2. The van der Waals surface area contributed by atoms with Crippen LogP contribution in [0.25, 0.3) is 10.8 Å². The molecule has 0 aliphatic rings. The lowest BCUT2D eigenvalue weighted by atomic mass is 10.0. The average Bonchev–Trinajstić information content (AvgIpc) is 3.13. The van der Waals surface area contributed by atoms with Gasteiger partial charge in [-0.15, -0.1) is 0 Å². The Labute approximate surface area is 313 Å². The Morgan fingerprint density at radius 3 is 1.37 bits per heavy atom. The second-order valence-electron chi connectivity index (χ2n) is 13.9. The summed E-state index contributed by atoms with van der Waals surface area (Å²) in [7, 11) is -9.08. The number of benzene rings is 3. The predicted molar refractivity (Wildman–Crippen MR) is 214 cm³/mol. The first-order chi connectivity index (χ1) is 25.1. The Morgan fingerprint density at radius 2 is 0.904 bits per heavy atom. The lowest BCUT2D eigenvalue weighted by Gasteiger charge is -2.20. The molecule has 0 radical (unpaired) electrons. The number of para-hydroxylation sites is 1. The van der Waals surface area contributed by atoms with Gasteiger partial charge in [-0.05, 0) is 25.0 Å². The van der Waals surface area contributed by atoms with Crippen molar-refractivity contribution in [2.24, 2.45) is 0 Å². The lowest BCUT2D eigenvalue weighted by Crippen LogP contribution is -2.33. The molecule has 9 nitrogen and oxygen atoms in total. The van der Waals surface area contributed by atoms with E-state index in [4.69, 9.17) is 0 Å². The summed E-state index contributed by atoms with van der Waals surface area (Å²) in [4.78, 5) is 12.6. The van der Waals surface area contributed by atoms with Gasteiger partial charge >= 0.3 is 0 Å². The van der Waals surface area contributed by atoms with Crippen molar-refractivity contribution in [1.29, 1.82) is 0 Å². The van der Waals surface area contributed by atoms with Crippen LogP contribution in [0.2, 0.25) is 0 Å². The van der Waals surface area contributed by atoms with Crippen molar-refractivity contribution in [3.05, 3.63) is 60.2 Å². The maximum absolute atomic E-state index is 14.2. The van der Waals surface area contributed by atoms with E-state index in [1.807, 2.05) is 0 Å². The summed E-state index contributed by atoms with van der Waals surface area (Å²) in [5, 5.41) is 14.2. The van der Waals surface area contributed by atoms with Gasteiger partial charge < -0.3 is 10.4 Å². The van der Waals surface area contributed by atoms with Crippen molar-refractivity contribution in [2.75, 3.05) is 18.4 Å². The molecular weight excluding hydrogens is 695 g/mol. The number of carbonyl (C=O) groups excluding carboxylic acids is 1. The summed E-state index contributed by atoms with van der Waals surface area (Å²) < 4.78 is 61.9. The minimum absolute atomic E-state index is 0.0196. The summed E-state index contributed by atoms with van der Waals surface area (Å²) in [6, 6.07) is 14.6. The third kappa shape index (κ3) is 14.1. The summed E-state index contributed by atoms with van der Waals surface area (Å²) in [6.07, 6.45) is 21.7. The SMILES string of the molecule is CCCCCCCCCCCCNS(=O)(=O)c1c(C(=O)Nc2ccccc2)c(O)c2ccccc2c1S(=O)(=O)NCCCCCCCCCCCC. The molecule has 4 N–H and O–H groups in total. The Hall–Kier alpha value is -2.99. The van der Waals surface area contributed by atoms with E-state index >= 15 is 0 Å². The third-order valence-corrected chi connectivity index (χ3v) is 12.7. The van der Waals surface area contributed by atoms with Crippen molar-refractivity contribution >= 4 is 42.4 Å². The van der Waals surface area contributed by atoms with Crippen LogP contribution in [-0.2, 0) is 20.0 Å². The molecule has 0 aliphatic carbocycles. The van der Waals surface area contributed by atoms with Gasteiger partial charge in [-0.25, -0.2) is 26.3 Å². The number of phenolic OH excluding ortho intramolecular Hbond substituents is 1. The number of sulfonamides is 2. The zero-order valence-corrected chi connectivity index (χ0v) is 33.2. The number of hydrogen-bond acceptors (Lipinski definition) is 6. The third-order valence-electron chi connectivity index (χ3n) is 9.54. The Kier molecular flexibility index (Phi) is 19.7. The van der Waals surface area contributed by atoms with Crippen LogP contribution in [0.3, 0.4) is 0 Å². The van der Waals surface area contributed by atoms with E-state index < -0.39 is 47.1 Å². The Morgan fingerprint density at radius 1 is 0.519 bits per heavy atom. The van der Waals surface area contributed by atoms with Gasteiger partial charge in [0, 0.05) is 29.5 Å². The fraction of sp³-hybridized carbons (Fsp3) is 0.585. The molecule has 290 valence electrons. The average molecular weight is 758 g/mol. The fourth-order valence-corrected chi connectivity index (χ4v) is 10.00. The molecule has 0 saturated carbocycles. The van der Waals surface area contributed by atoms with Crippen LogP contribution in [0.1, 0.15) is 153 Å². The van der Waals surface area contributed by atoms with Crippen LogP contribution in [0.5, 0.6) is 5.75 Å². The second-order valence-corrected chi connectivity index (χ2v) is 17.3. The molecule has 3 rings (SSSR count). The van der Waals surface area contributed by atoms with Crippen molar-refractivity contribution in [3.8, 4) is 5.75 Å². The lowest BCUT2D eigenvalue weighted by molar-refractivity contribution is 0.102. The number of phenols is 1. The molecule has 1 amide bonds. The van der Waals surface area contributed by atoms with Crippen molar-refractivity contribution in [2.45, 2.75) is 152 Å². The van der Waals surface area contributed by atoms with Gasteiger partial charge in [-0.3, -0.25) is 4.79 Å². The molecule has 0 fully saturated rings. The van der Waals surface area contributed by atoms with Crippen molar-refractivity contribution < 1.29 is 26.7 Å². The Balaban J connectivity index is 1.83. The summed E-state index contributed by atoms with van der Waals surface area (Å²) in [5.41, 5.74) is -0.248. The van der Waals surface area contributed by atoms with Crippen LogP contribution in [-0.4, -0.2) is 40.9 Å². The highest BCUT2D eigenvalue weighted by molar-refractivity contribution is 7.92. The monoisotopic (exact) mass is 757 g/mol. The summed E-state index contributed by atoms with van der Waals surface area (Å²) in [5.74, 6) is -1.53. The number of unbranched alkanes of at least 4 members (excludes halogenated alkanes) is 18. The van der Waals surface area contributed by atoms with Crippen molar-refractivity contribution in [1.82, 2.24) is 9.44 Å². The number of aromatic hydroxyl groups is 1. The second kappa shape index (κ2) is 23.6. The van der Waals surface area contributed by atoms with Gasteiger partial charge in [-0.1, -0.05) is 172 Å². The quantitative estimate of drug-likeness (QED) is 0.0544. The molecule has 3 aromatic carbocycles. The molecule has 0 aliphatic heterocycles. The normalized spacial score (nSPS) is 12.0. The van der Waals surface area contributed by atoms with Crippen molar-refractivity contribution in [3.63, 3.8) is 0 Å². The number of carbonyl (C=O) groups is 1. The molecule has 0 heterocycles. The number of rotatable bonds is 28. The molecule has 0 aromatic heterocycles. The van der Waals surface area contributed by atoms with Crippen LogP contribution in [0.15, 0.2) is 64.4 Å². The zero-order chi connectivity index (χ0) is 37.7. The number of amides is 1. The highest BCUT2D eigenvalue weighted by Gasteiger charge is 2.37. The molecule has 0 saturated heterocycles. The van der Waals surface area contributed by atoms with Crippen LogP contribution in [0, 0.1) is 0 Å². The molecular formula is C41H63N3O6S2. The summed E-state index contributed by atoms with van der Waals surface area (Å²) in [6.45, 7) is 4.59. The molecule has 0 atom stereocenters. The molecule has 52 heavy (non-hydrogen) atoms. The first-order valence-corrected chi connectivity index (χ1v) is 22.7. The van der Waals surface area contributed by atoms with Crippen LogP contribution < -0.4 is 14.8 Å². The first kappa shape index (κ1) is 43.4. The number of anilines is 1. The Bertz CT molecular complexity index is 1710. The molecule has 11 heteroatoms. The maximum atomic E-state index is 14.2. The maximum Gasteiger partial charge on any atom is 0.260 e. The van der Waals surface area contributed by atoms with Crippen LogP contribution in [0.4, 0.5) is 5.69 Å². The van der Waals surface area contributed by atoms with E-state index in [-0.39, 0.29) is 23.9 Å². The van der Waals surface area contributed by atoms with Gasteiger partial charge in [-0.2, -0.15) is 0 Å². The van der Waals surface area contributed by atoms with Gasteiger partial charge in [0.25, 0.3) is 5.91 Å². The highest BCUT2D eigenvalue weighted by Crippen LogP contribution is 2.41. The van der Waals surface area contributed by atoms with E-state index in [9.17, 15) is 26.7 Å². The summed E-state index contributed by atoms with van der Waals surface area (Å²) >= 11 is 0. The topological polar surface area (TPSA) is 142 Å². The molecule has 0 unspecified atom stereocenters. The fourth-order valence-electron chi connectivity index (χ4n) is 6.60. The highest BCUT2D eigenvalue weighted by atomic mass is 32.2.